The van der Waals surface area contributed by atoms with Gasteiger partial charge in [0, 0.05) is 30.9 Å². The van der Waals surface area contributed by atoms with Crippen molar-refractivity contribution in [2.45, 2.75) is 17.9 Å². The smallest absolute Gasteiger partial charge is 0.0554 e. The van der Waals surface area contributed by atoms with Crippen LogP contribution in [0.2, 0.25) is 0 Å². The van der Waals surface area contributed by atoms with E-state index in [4.69, 9.17) is 0 Å². The van der Waals surface area contributed by atoms with Crippen molar-refractivity contribution < 1.29 is 0 Å². The molecule has 0 radical (unpaired) electrons. The van der Waals surface area contributed by atoms with Gasteiger partial charge in [0.05, 0.1) is 6.04 Å². The van der Waals surface area contributed by atoms with Crippen molar-refractivity contribution >= 4 is 43.6 Å². The van der Waals surface area contributed by atoms with E-state index >= 15 is 0 Å². The second-order valence-electron chi connectivity index (χ2n) is 16.0. The lowest BCUT2D eigenvalue weighted by Gasteiger charge is -2.31. The van der Waals surface area contributed by atoms with Gasteiger partial charge in [-0.25, -0.2) is 0 Å². The van der Waals surface area contributed by atoms with Gasteiger partial charge in [0.1, 0.15) is 0 Å². The van der Waals surface area contributed by atoms with Crippen molar-refractivity contribution in [3.8, 4) is 22.3 Å². The van der Waals surface area contributed by atoms with Gasteiger partial charge in [0.15, 0.2) is 0 Å². The summed E-state index contributed by atoms with van der Waals surface area (Å²) >= 11 is 0. The number of nitrogens with one attached hydrogen (secondary N) is 1. The molecule has 2 aliphatic heterocycles. The number of allylic oxidation sites excluding steroid dienone is 3. The molecule has 0 spiro atoms. The number of hydrogen-bond donors (Lipinski definition) is 1. The van der Waals surface area contributed by atoms with Crippen LogP contribution < -0.4 is 5.32 Å². The molecule has 3 aliphatic rings. The lowest BCUT2D eigenvalue weighted by molar-refractivity contribution is 0.501. The lowest BCUT2D eigenvalue weighted by atomic mass is 9.83. The summed E-state index contributed by atoms with van der Waals surface area (Å²) in [6, 6.07) is 63.5. The zero-order valence-corrected chi connectivity index (χ0v) is 31.5. The Bertz CT molecular complexity index is 2900. The maximum Gasteiger partial charge on any atom is 0.0554 e. The highest BCUT2D eigenvalue weighted by atomic mass is 15.1. The maximum atomic E-state index is 4.05. The fourth-order valence-corrected chi connectivity index (χ4v) is 9.56. The van der Waals surface area contributed by atoms with Crippen LogP contribution in [-0.2, 0) is 5.41 Å². The molecule has 0 bridgehead atoms. The summed E-state index contributed by atoms with van der Waals surface area (Å²) in [6.45, 7) is 0.959. The lowest BCUT2D eigenvalue weighted by Crippen LogP contribution is -2.30. The fraction of sp³-hybridized carbons (Fsp3) is 0.111. The Morgan fingerprint density at radius 2 is 1.20 bits per heavy atom. The van der Waals surface area contributed by atoms with E-state index in [1.807, 2.05) is 0 Å². The Labute approximate surface area is 328 Å². The Hall–Kier alpha value is -6.64. The molecule has 8 aromatic rings. The van der Waals surface area contributed by atoms with Crippen LogP contribution in [0.15, 0.2) is 194 Å². The normalized spacial score (nSPS) is 20.1. The van der Waals surface area contributed by atoms with Crippen molar-refractivity contribution in [1.29, 1.82) is 0 Å². The molecule has 2 heteroatoms. The van der Waals surface area contributed by atoms with Gasteiger partial charge in [0.2, 0.25) is 0 Å². The molecule has 1 fully saturated rings. The molecular formula is C54H42N2. The van der Waals surface area contributed by atoms with Crippen LogP contribution >= 0.6 is 0 Å². The Morgan fingerprint density at radius 1 is 0.554 bits per heavy atom. The summed E-state index contributed by atoms with van der Waals surface area (Å²) < 4.78 is 0. The number of likely N-dealkylation sites (N-methyl/N-ethyl adjacent to an activating group) is 1. The van der Waals surface area contributed by atoms with Gasteiger partial charge in [-0.2, -0.15) is 0 Å². The van der Waals surface area contributed by atoms with Crippen LogP contribution in [0.4, 0.5) is 0 Å². The Kier molecular flexibility index (Phi) is 7.60. The Morgan fingerprint density at radius 3 is 1.98 bits per heavy atom. The zero-order chi connectivity index (χ0) is 37.2. The van der Waals surface area contributed by atoms with E-state index in [2.05, 4.69) is 212 Å². The van der Waals surface area contributed by atoms with E-state index in [9.17, 15) is 0 Å². The summed E-state index contributed by atoms with van der Waals surface area (Å²) in [5, 5.41) is 11.8. The number of fused-ring (bicyclic) bond motifs is 5. The van der Waals surface area contributed by atoms with Crippen molar-refractivity contribution in [2.24, 2.45) is 5.92 Å². The standard InChI is InChI=1S/C54H42N2/c1-56-29-9-11-45(35-56)43-28-27-41-30-40(25-26-42(41)31-43)36-17-21-38(22-18-36)52-34-54(46-12-3-2-4-13-46)33-51(54)53(55-52)39-23-19-37(20-24-39)50-32-44-10-5-6-14-47(44)48-15-7-8-16-49(48)50/h2-28,30-32,34-35,51,53,55H,29,33H2,1H3/t51-,53?,54?/m1/s1. The van der Waals surface area contributed by atoms with Crippen LogP contribution in [-0.4, -0.2) is 18.5 Å². The second-order valence-corrected chi connectivity index (χ2v) is 16.0. The van der Waals surface area contributed by atoms with Crippen LogP contribution in [0.25, 0.3) is 65.8 Å². The van der Waals surface area contributed by atoms with E-state index in [0.717, 1.165) is 13.0 Å². The highest BCUT2D eigenvalue weighted by Gasteiger charge is 2.59. The molecule has 1 N–H and O–H groups in total. The van der Waals surface area contributed by atoms with E-state index in [0.29, 0.717) is 5.92 Å². The van der Waals surface area contributed by atoms with Crippen molar-refractivity contribution in [1.82, 2.24) is 10.2 Å². The first-order valence-corrected chi connectivity index (χ1v) is 19.9. The maximum absolute atomic E-state index is 4.05. The van der Waals surface area contributed by atoms with Crippen molar-refractivity contribution in [3.05, 3.63) is 217 Å². The number of benzene rings is 8. The van der Waals surface area contributed by atoms with Gasteiger partial charge in [0.25, 0.3) is 0 Å². The molecule has 8 aromatic carbocycles. The fourth-order valence-electron chi connectivity index (χ4n) is 9.56. The molecule has 0 aromatic heterocycles. The molecule has 3 atom stereocenters. The average Bonchev–Trinajstić information content (AvgIpc) is 4.02. The van der Waals surface area contributed by atoms with E-state index in [1.165, 1.54) is 88.1 Å². The van der Waals surface area contributed by atoms with Gasteiger partial charge in [-0.05, 0) is 119 Å². The predicted molar refractivity (Wildman–Crippen MR) is 236 cm³/mol. The van der Waals surface area contributed by atoms with E-state index < -0.39 is 0 Å². The second kappa shape index (κ2) is 13.0. The van der Waals surface area contributed by atoms with E-state index in [1.54, 1.807) is 0 Å². The third kappa shape index (κ3) is 5.56. The van der Waals surface area contributed by atoms with Crippen molar-refractivity contribution in [3.63, 3.8) is 0 Å². The zero-order valence-electron chi connectivity index (χ0n) is 31.5. The molecular weight excluding hydrogens is 677 g/mol. The first kappa shape index (κ1) is 32.8. The summed E-state index contributed by atoms with van der Waals surface area (Å²) in [6.07, 6.45) is 10.3. The van der Waals surface area contributed by atoms with Gasteiger partial charge in [-0.15, -0.1) is 0 Å². The minimum atomic E-state index is 0.0223. The van der Waals surface area contributed by atoms with Gasteiger partial charge in [-0.3, -0.25) is 0 Å². The van der Waals surface area contributed by atoms with Gasteiger partial charge >= 0.3 is 0 Å². The number of nitrogens with zero attached hydrogens (tertiary/aromatic N) is 1. The summed E-state index contributed by atoms with van der Waals surface area (Å²) in [4.78, 5) is 2.22. The topological polar surface area (TPSA) is 15.3 Å². The third-order valence-corrected chi connectivity index (χ3v) is 12.6. The van der Waals surface area contributed by atoms with Crippen LogP contribution in [0.3, 0.4) is 0 Å². The van der Waals surface area contributed by atoms with E-state index in [-0.39, 0.29) is 11.5 Å². The summed E-state index contributed by atoms with van der Waals surface area (Å²) in [7, 11) is 2.12. The molecule has 268 valence electrons. The molecule has 1 aliphatic carbocycles. The molecule has 2 nitrogen and oxygen atoms in total. The molecule has 11 rings (SSSR count). The SMILES string of the molecule is CN1C=C(c2ccc3cc(-c4ccc(C5=CC6(c7ccccc7)C[C@@H]6C(c6ccc(-c7cc8ccccc8c8ccccc78)cc6)N5)cc4)ccc3c2)C=CC1. The molecule has 0 amide bonds. The molecule has 56 heavy (non-hydrogen) atoms. The van der Waals surface area contributed by atoms with Crippen LogP contribution in [0, 0.1) is 5.92 Å². The first-order chi connectivity index (χ1) is 27.6. The average molecular weight is 719 g/mol. The number of rotatable bonds is 6. The minimum absolute atomic E-state index is 0.0223. The predicted octanol–water partition coefficient (Wildman–Crippen LogP) is 13.0. The summed E-state index contributed by atoms with van der Waals surface area (Å²) in [5.74, 6) is 0.490. The largest absolute Gasteiger partial charge is 0.378 e. The molecule has 1 saturated carbocycles. The minimum Gasteiger partial charge on any atom is -0.378 e. The summed E-state index contributed by atoms with van der Waals surface area (Å²) in [5.41, 5.74) is 12.7. The van der Waals surface area contributed by atoms with Crippen LogP contribution in [0.1, 0.15) is 34.7 Å². The van der Waals surface area contributed by atoms with Crippen LogP contribution in [0.5, 0.6) is 0 Å². The highest BCUT2D eigenvalue weighted by Crippen LogP contribution is 2.63. The number of hydrogen-bond acceptors (Lipinski definition) is 2. The first-order valence-electron chi connectivity index (χ1n) is 19.9. The highest BCUT2D eigenvalue weighted by molar-refractivity contribution is 6.13. The van der Waals surface area contributed by atoms with Crippen molar-refractivity contribution in [2.75, 3.05) is 13.6 Å². The molecule has 0 saturated heterocycles. The monoisotopic (exact) mass is 718 g/mol. The van der Waals surface area contributed by atoms with Gasteiger partial charge in [-0.1, -0.05) is 164 Å². The molecule has 2 heterocycles. The Balaban J connectivity index is 0.907. The molecule has 2 unspecified atom stereocenters. The quantitative estimate of drug-likeness (QED) is 0.172. The third-order valence-electron chi connectivity index (χ3n) is 12.6. The van der Waals surface area contributed by atoms with Gasteiger partial charge < -0.3 is 10.2 Å².